The van der Waals surface area contributed by atoms with Gasteiger partial charge >= 0.3 is 6.18 Å². The number of aryl methyl sites for hydroxylation is 1. The molecule has 1 atom stereocenters. The number of alkyl halides is 3. The normalized spacial score (nSPS) is 15.5. The predicted octanol–water partition coefficient (Wildman–Crippen LogP) is 3.95. The third-order valence-electron chi connectivity index (χ3n) is 5.99. The minimum absolute atomic E-state index is 0.0276. The fourth-order valence-electron chi connectivity index (χ4n) is 3.96. The average Bonchev–Trinajstić information content (AvgIpc) is 3.57. The number of aromatic nitrogens is 5. The molecule has 1 fully saturated rings. The second-order valence-corrected chi connectivity index (χ2v) is 8.80. The van der Waals surface area contributed by atoms with E-state index >= 15 is 0 Å². The summed E-state index contributed by atoms with van der Waals surface area (Å²) in [7, 11) is 0. The Hall–Kier alpha value is -4.52. The van der Waals surface area contributed by atoms with Gasteiger partial charge < -0.3 is 20.6 Å². The molecule has 0 radical (unpaired) electrons. The van der Waals surface area contributed by atoms with E-state index in [1.165, 1.54) is 12.1 Å². The van der Waals surface area contributed by atoms with Crippen molar-refractivity contribution in [2.24, 2.45) is 0 Å². The van der Waals surface area contributed by atoms with E-state index in [2.05, 4.69) is 30.6 Å². The maximum atomic E-state index is 13.0. The van der Waals surface area contributed by atoms with Crippen molar-refractivity contribution in [2.45, 2.75) is 25.6 Å². The largest absolute Gasteiger partial charge is 0.416 e. The Morgan fingerprint density at radius 1 is 1.11 bits per heavy atom. The molecule has 3 N–H and O–H groups in total. The lowest BCUT2D eigenvalue weighted by molar-refractivity contribution is -0.137. The molecule has 0 spiro atoms. The second kappa shape index (κ2) is 10.1. The van der Waals surface area contributed by atoms with E-state index in [0.717, 1.165) is 17.7 Å². The van der Waals surface area contributed by atoms with Crippen molar-refractivity contribution in [3.05, 3.63) is 77.9 Å². The number of halogens is 3. The molecule has 0 unspecified atom stereocenters. The van der Waals surface area contributed by atoms with Crippen LogP contribution in [-0.2, 0) is 6.18 Å². The number of hydrogen-bond acceptors (Lipinski definition) is 8. The lowest BCUT2D eigenvalue weighted by atomic mass is 10.1. The van der Waals surface area contributed by atoms with Gasteiger partial charge in [0, 0.05) is 42.4 Å². The number of carbonyl (C=O) groups is 1. The molecule has 3 heterocycles. The van der Waals surface area contributed by atoms with Crippen LogP contribution >= 0.6 is 0 Å². The summed E-state index contributed by atoms with van der Waals surface area (Å²) in [5.74, 6) is 0.318. The van der Waals surface area contributed by atoms with E-state index in [4.69, 9.17) is 0 Å². The zero-order valence-corrected chi connectivity index (χ0v) is 20.1. The first-order valence-corrected chi connectivity index (χ1v) is 11.7. The minimum Gasteiger partial charge on any atom is -0.391 e. The van der Waals surface area contributed by atoms with Gasteiger partial charge in [-0.1, -0.05) is 12.1 Å². The highest BCUT2D eigenvalue weighted by Crippen LogP contribution is 2.31. The lowest BCUT2D eigenvalue weighted by Crippen LogP contribution is -2.24. The van der Waals surface area contributed by atoms with E-state index in [9.17, 15) is 23.1 Å². The van der Waals surface area contributed by atoms with Gasteiger partial charge in [-0.2, -0.15) is 28.1 Å². The third-order valence-corrected chi connectivity index (χ3v) is 5.99. The number of imidazole rings is 1. The van der Waals surface area contributed by atoms with Crippen LogP contribution in [0.2, 0.25) is 0 Å². The van der Waals surface area contributed by atoms with Crippen LogP contribution in [0.3, 0.4) is 0 Å². The minimum atomic E-state index is -4.52. The molecule has 5 rings (SSSR count). The number of nitrogens with one attached hydrogen (secondary N) is 2. The Bertz CT molecular complexity index is 1460. The summed E-state index contributed by atoms with van der Waals surface area (Å²) in [6.45, 7) is 2.79. The number of anilines is 4. The Morgan fingerprint density at radius 3 is 2.63 bits per heavy atom. The standard InChI is InChI=1S/C25H23F3N8O2/c1-15-5-6-16(21(38)30-18-4-2-3-17(12-18)25(26,27)28)11-20(15)31-22-32-23(35-9-7-19(37)13-35)34-24(33-22)36-10-8-29-14-36/h2-6,8,10-12,14,19,37H,7,9,13H2,1H3,(H,30,38)(H,31,32,33,34)/t19-/m1/s1. The Morgan fingerprint density at radius 2 is 1.92 bits per heavy atom. The molecule has 196 valence electrons. The monoisotopic (exact) mass is 524 g/mol. The van der Waals surface area contributed by atoms with Gasteiger partial charge in [0.2, 0.25) is 17.8 Å². The lowest BCUT2D eigenvalue weighted by Gasteiger charge is -2.18. The summed E-state index contributed by atoms with van der Waals surface area (Å²) in [6, 6.07) is 9.29. The van der Waals surface area contributed by atoms with Crippen molar-refractivity contribution < 1.29 is 23.1 Å². The fourth-order valence-corrected chi connectivity index (χ4v) is 3.96. The molecule has 13 heteroatoms. The van der Waals surface area contributed by atoms with Gasteiger partial charge in [-0.05, 0) is 49.2 Å². The Kier molecular flexibility index (Phi) is 6.68. The zero-order chi connectivity index (χ0) is 26.9. The van der Waals surface area contributed by atoms with Crippen molar-refractivity contribution in [3.63, 3.8) is 0 Å². The summed E-state index contributed by atoms with van der Waals surface area (Å²) in [5, 5.41) is 15.6. The molecule has 0 saturated carbocycles. The molecule has 1 saturated heterocycles. The summed E-state index contributed by atoms with van der Waals surface area (Å²) in [4.78, 5) is 32.2. The number of β-amino-alcohol motifs (C(OH)–C–C–N with tert-alkyl or cyclic N) is 1. The number of benzene rings is 2. The molecule has 0 bridgehead atoms. The molecular formula is C25H23F3N8O2. The van der Waals surface area contributed by atoms with Crippen LogP contribution in [0, 0.1) is 6.92 Å². The molecule has 10 nitrogen and oxygen atoms in total. The third kappa shape index (κ3) is 5.57. The molecular weight excluding hydrogens is 501 g/mol. The molecule has 4 aromatic rings. The smallest absolute Gasteiger partial charge is 0.391 e. The first-order valence-electron chi connectivity index (χ1n) is 11.7. The van der Waals surface area contributed by atoms with Crippen LogP contribution < -0.4 is 15.5 Å². The molecule has 0 aliphatic carbocycles. The van der Waals surface area contributed by atoms with Crippen LogP contribution in [0.5, 0.6) is 0 Å². The van der Waals surface area contributed by atoms with Crippen LogP contribution in [0.25, 0.3) is 5.95 Å². The number of aliphatic hydroxyl groups is 1. The van der Waals surface area contributed by atoms with Gasteiger partial charge in [0.15, 0.2) is 0 Å². The predicted molar refractivity (Wildman–Crippen MR) is 134 cm³/mol. The summed E-state index contributed by atoms with van der Waals surface area (Å²) >= 11 is 0. The van der Waals surface area contributed by atoms with Crippen molar-refractivity contribution >= 4 is 29.2 Å². The van der Waals surface area contributed by atoms with Crippen LogP contribution in [-0.4, -0.2) is 54.7 Å². The number of carbonyl (C=O) groups excluding carboxylic acids is 1. The number of amides is 1. The maximum Gasteiger partial charge on any atom is 0.416 e. The summed E-state index contributed by atoms with van der Waals surface area (Å²) in [5.41, 5.74) is 0.703. The van der Waals surface area contributed by atoms with E-state index in [1.54, 1.807) is 41.5 Å². The number of rotatable bonds is 6. The van der Waals surface area contributed by atoms with Crippen molar-refractivity contribution in [2.75, 3.05) is 28.6 Å². The van der Waals surface area contributed by atoms with Crippen molar-refractivity contribution in [3.8, 4) is 5.95 Å². The SMILES string of the molecule is Cc1ccc(C(=O)Nc2cccc(C(F)(F)F)c2)cc1Nc1nc(N2CC[C@@H](O)C2)nc(-n2ccnc2)n1. The molecule has 1 aliphatic heterocycles. The summed E-state index contributed by atoms with van der Waals surface area (Å²) in [6.07, 6.45) is 0.420. The van der Waals surface area contributed by atoms with Crippen molar-refractivity contribution in [1.82, 2.24) is 24.5 Å². The molecule has 1 amide bonds. The van der Waals surface area contributed by atoms with Crippen LogP contribution in [0.15, 0.2) is 61.2 Å². The van der Waals surface area contributed by atoms with Gasteiger partial charge in [0.05, 0.1) is 11.7 Å². The van der Waals surface area contributed by atoms with Gasteiger partial charge in [0.1, 0.15) is 6.33 Å². The van der Waals surface area contributed by atoms with Gasteiger partial charge in [-0.3, -0.25) is 9.36 Å². The van der Waals surface area contributed by atoms with E-state index < -0.39 is 23.8 Å². The molecule has 2 aromatic heterocycles. The highest BCUT2D eigenvalue weighted by atomic mass is 19.4. The quantitative estimate of drug-likeness (QED) is 0.347. The number of nitrogens with zero attached hydrogens (tertiary/aromatic N) is 6. The zero-order valence-electron chi connectivity index (χ0n) is 20.1. The van der Waals surface area contributed by atoms with E-state index in [0.29, 0.717) is 37.1 Å². The van der Waals surface area contributed by atoms with Gasteiger partial charge in [-0.15, -0.1) is 0 Å². The fraction of sp³-hybridized carbons (Fsp3) is 0.240. The highest BCUT2D eigenvalue weighted by Gasteiger charge is 2.30. The Balaban J connectivity index is 1.41. The average molecular weight is 525 g/mol. The topological polar surface area (TPSA) is 121 Å². The summed E-state index contributed by atoms with van der Waals surface area (Å²) < 4.78 is 40.7. The number of aliphatic hydroxyl groups excluding tert-OH is 1. The van der Waals surface area contributed by atoms with Gasteiger partial charge in [-0.25, -0.2) is 4.98 Å². The van der Waals surface area contributed by atoms with Crippen LogP contribution in [0.1, 0.15) is 27.9 Å². The molecule has 1 aliphatic rings. The molecule has 38 heavy (non-hydrogen) atoms. The van der Waals surface area contributed by atoms with E-state index in [1.807, 2.05) is 11.8 Å². The first kappa shape index (κ1) is 25.1. The first-order chi connectivity index (χ1) is 18.2. The van der Waals surface area contributed by atoms with Gasteiger partial charge in [0.25, 0.3) is 5.91 Å². The maximum absolute atomic E-state index is 13.0. The van der Waals surface area contributed by atoms with Crippen LogP contribution in [0.4, 0.5) is 36.4 Å². The second-order valence-electron chi connectivity index (χ2n) is 8.80. The van der Waals surface area contributed by atoms with Crippen molar-refractivity contribution in [1.29, 1.82) is 0 Å². The number of hydrogen-bond donors (Lipinski definition) is 3. The van der Waals surface area contributed by atoms with E-state index in [-0.39, 0.29) is 17.2 Å². The Labute approximate surface area is 215 Å². The molecule has 2 aromatic carbocycles. The highest BCUT2D eigenvalue weighted by molar-refractivity contribution is 6.05.